The summed E-state index contributed by atoms with van der Waals surface area (Å²) in [6.07, 6.45) is 0.448. The minimum absolute atomic E-state index is 0.0375. The Balaban J connectivity index is 1.15. The van der Waals surface area contributed by atoms with E-state index in [1.54, 1.807) is 0 Å². The number of benzene rings is 3. The van der Waals surface area contributed by atoms with Gasteiger partial charge in [-0.25, -0.2) is 14.4 Å². The number of hydrogen-bond donors (Lipinski definition) is 2. The first-order valence-electron chi connectivity index (χ1n) is 13.3. The van der Waals surface area contributed by atoms with Crippen molar-refractivity contribution in [2.45, 2.75) is 37.8 Å². The van der Waals surface area contributed by atoms with Crippen molar-refractivity contribution in [3.63, 3.8) is 0 Å². The van der Waals surface area contributed by atoms with Gasteiger partial charge in [0.05, 0.1) is 0 Å². The summed E-state index contributed by atoms with van der Waals surface area (Å²) in [7, 11) is 0. The van der Waals surface area contributed by atoms with Crippen molar-refractivity contribution in [2.75, 3.05) is 19.7 Å². The Hall–Kier alpha value is -4.33. The molecule has 2 N–H and O–H groups in total. The fourth-order valence-electron chi connectivity index (χ4n) is 5.57. The van der Waals surface area contributed by atoms with Crippen molar-refractivity contribution < 1.29 is 29.0 Å². The van der Waals surface area contributed by atoms with Crippen molar-refractivity contribution in [2.24, 2.45) is 5.92 Å². The largest absolute Gasteiger partial charge is 0.480 e. The number of piperidine rings is 1. The number of carboxylic acid groups (broad SMARTS) is 1. The molecule has 0 unspecified atom stereocenters. The molecule has 0 radical (unpaired) electrons. The minimum Gasteiger partial charge on any atom is -0.480 e. The first-order valence-corrected chi connectivity index (χ1v) is 13.3. The monoisotopic (exact) mass is 528 g/mol. The summed E-state index contributed by atoms with van der Waals surface area (Å²) in [5.41, 5.74) is 5.36. The summed E-state index contributed by atoms with van der Waals surface area (Å²) in [6, 6.07) is 24.6. The molecule has 1 aliphatic heterocycles. The van der Waals surface area contributed by atoms with Gasteiger partial charge in [-0.05, 0) is 53.0 Å². The number of nitrogens with one attached hydrogen (secondary N) is 1. The third-order valence-corrected chi connectivity index (χ3v) is 7.57. The first kappa shape index (κ1) is 26.3. The van der Waals surface area contributed by atoms with Crippen LogP contribution >= 0.6 is 0 Å². The molecular formula is C31H32N2O6. The van der Waals surface area contributed by atoms with Crippen LogP contribution in [-0.4, -0.2) is 53.9 Å². The number of carbonyl (C=O) groups excluding carboxylic acids is 2. The Bertz CT molecular complexity index is 1280. The summed E-state index contributed by atoms with van der Waals surface area (Å²) in [5.74, 6) is -1.10. The van der Waals surface area contributed by atoms with Crippen molar-refractivity contribution in [3.05, 3.63) is 95.6 Å². The number of fused-ring (bicyclic) bond motifs is 3. The van der Waals surface area contributed by atoms with Crippen LogP contribution in [0.1, 0.15) is 41.9 Å². The van der Waals surface area contributed by atoms with Gasteiger partial charge in [-0.2, -0.15) is 0 Å². The third-order valence-electron chi connectivity index (χ3n) is 7.57. The number of ether oxygens (including phenoxy) is 2. The van der Waals surface area contributed by atoms with Gasteiger partial charge in [0.25, 0.3) is 0 Å². The van der Waals surface area contributed by atoms with E-state index in [0.717, 1.165) is 27.8 Å². The lowest BCUT2D eigenvalue weighted by Crippen LogP contribution is -2.51. The maximum Gasteiger partial charge on any atom is 0.410 e. The van der Waals surface area contributed by atoms with Crippen LogP contribution in [0.25, 0.3) is 11.1 Å². The van der Waals surface area contributed by atoms with Gasteiger partial charge in [0, 0.05) is 19.0 Å². The lowest BCUT2D eigenvalue weighted by atomic mass is 9.90. The average molecular weight is 529 g/mol. The number of alkyl carbamates (subject to hydrolysis) is 1. The van der Waals surface area contributed by atoms with Crippen LogP contribution in [0.4, 0.5) is 9.59 Å². The second kappa shape index (κ2) is 12.0. The van der Waals surface area contributed by atoms with E-state index in [4.69, 9.17) is 9.47 Å². The van der Waals surface area contributed by atoms with Crippen LogP contribution in [0, 0.1) is 5.92 Å². The number of amides is 2. The molecule has 2 amide bonds. The van der Waals surface area contributed by atoms with Crippen LogP contribution < -0.4 is 5.32 Å². The third kappa shape index (κ3) is 6.06. The van der Waals surface area contributed by atoms with Gasteiger partial charge in [-0.15, -0.1) is 0 Å². The van der Waals surface area contributed by atoms with E-state index >= 15 is 0 Å². The normalized spacial score (nSPS) is 18.1. The Morgan fingerprint density at radius 2 is 1.49 bits per heavy atom. The van der Waals surface area contributed by atoms with Crippen molar-refractivity contribution in [3.8, 4) is 11.1 Å². The summed E-state index contributed by atoms with van der Waals surface area (Å²) in [4.78, 5) is 38.5. The van der Waals surface area contributed by atoms with E-state index in [-0.39, 0.29) is 31.6 Å². The zero-order valence-corrected chi connectivity index (χ0v) is 21.6. The first-order chi connectivity index (χ1) is 19.0. The molecule has 1 heterocycles. The number of hydrogen-bond acceptors (Lipinski definition) is 5. The van der Waals surface area contributed by atoms with Gasteiger partial charge in [-0.1, -0.05) is 78.9 Å². The highest BCUT2D eigenvalue weighted by Crippen LogP contribution is 2.44. The fourth-order valence-corrected chi connectivity index (χ4v) is 5.57. The second-order valence-electron chi connectivity index (χ2n) is 10.0. The number of nitrogens with zero attached hydrogens (tertiary/aromatic N) is 1. The zero-order chi connectivity index (χ0) is 27.2. The molecule has 3 aromatic rings. The van der Waals surface area contributed by atoms with Gasteiger partial charge in [0.2, 0.25) is 0 Å². The Morgan fingerprint density at radius 3 is 2.15 bits per heavy atom. The number of rotatable bonds is 8. The van der Waals surface area contributed by atoms with Crippen molar-refractivity contribution >= 4 is 18.2 Å². The molecule has 0 bridgehead atoms. The van der Waals surface area contributed by atoms with Crippen molar-refractivity contribution in [1.82, 2.24) is 10.2 Å². The van der Waals surface area contributed by atoms with Gasteiger partial charge in [0.1, 0.15) is 19.3 Å². The lowest BCUT2D eigenvalue weighted by Gasteiger charge is -2.37. The molecular weight excluding hydrogens is 496 g/mol. The van der Waals surface area contributed by atoms with Gasteiger partial charge in [-0.3, -0.25) is 4.90 Å². The highest BCUT2D eigenvalue weighted by Gasteiger charge is 2.38. The number of aliphatic carboxylic acids is 1. The number of carbonyl (C=O) groups is 3. The summed E-state index contributed by atoms with van der Waals surface area (Å²) >= 11 is 0. The molecule has 8 heteroatoms. The lowest BCUT2D eigenvalue weighted by molar-refractivity contribution is -0.144. The van der Waals surface area contributed by atoms with E-state index in [1.807, 2.05) is 66.7 Å². The maximum absolute atomic E-state index is 13.2. The molecule has 1 fully saturated rings. The number of carboxylic acids is 1. The Kier molecular flexibility index (Phi) is 8.10. The predicted octanol–water partition coefficient (Wildman–Crippen LogP) is 5.42. The average Bonchev–Trinajstić information content (AvgIpc) is 3.29. The molecule has 39 heavy (non-hydrogen) atoms. The molecule has 202 valence electrons. The molecule has 3 aromatic carbocycles. The molecule has 1 aliphatic carbocycles. The molecule has 0 aromatic heterocycles. The molecule has 2 aliphatic rings. The van der Waals surface area contributed by atoms with Gasteiger partial charge < -0.3 is 19.9 Å². The van der Waals surface area contributed by atoms with E-state index < -0.39 is 24.2 Å². The van der Waals surface area contributed by atoms with Crippen LogP contribution in [-0.2, 0) is 20.9 Å². The van der Waals surface area contributed by atoms with Crippen LogP contribution in [0.3, 0.4) is 0 Å². The maximum atomic E-state index is 13.2. The van der Waals surface area contributed by atoms with Crippen molar-refractivity contribution in [1.29, 1.82) is 0 Å². The molecule has 2 atom stereocenters. The number of likely N-dealkylation sites (tertiary alicyclic amines) is 1. The topological polar surface area (TPSA) is 105 Å². The SMILES string of the molecule is O=C(NCC[C@H]1CC[C@@H](C(=O)O)N(C(=O)OCC2c3ccccc3-c3ccccc32)C1)OCc1ccccc1. The van der Waals surface area contributed by atoms with Gasteiger partial charge >= 0.3 is 18.2 Å². The molecule has 1 saturated heterocycles. The molecule has 0 saturated carbocycles. The van der Waals surface area contributed by atoms with E-state index in [9.17, 15) is 19.5 Å². The van der Waals surface area contributed by atoms with Crippen LogP contribution in [0.15, 0.2) is 78.9 Å². The van der Waals surface area contributed by atoms with E-state index in [0.29, 0.717) is 25.8 Å². The molecule has 0 spiro atoms. The summed E-state index contributed by atoms with van der Waals surface area (Å²) < 4.78 is 11.0. The predicted molar refractivity (Wildman–Crippen MR) is 145 cm³/mol. The Morgan fingerprint density at radius 1 is 0.846 bits per heavy atom. The van der Waals surface area contributed by atoms with Crippen LogP contribution in [0.5, 0.6) is 0 Å². The fraction of sp³-hybridized carbons (Fsp3) is 0.323. The van der Waals surface area contributed by atoms with E-state index in [2.05, 4.69) is 17.4 Å². The highest BCUT2D eigenvalue weighted by molar-refractivity contribution is 5.81. The quantitative estimate of drug-likeness (QED) is 0.405. The van der Waals surface area contributed by atoms with E-state index in [1.165, 1.54) is 4.90 Å². The second-order valence-corrected chi connectivity index (χ2v) is 10.0. The Labute approximate surface area is 227 Å². The van der Waals surface area contributed by atoms with Gasteiger partial charge in [0.15, 0.2) is 0 Å². The summed E-state index contributed by atoms with van der Waals surface area (Å²) in [5, 5.41) is 12.5. The summed E-state index contributed by atoms with van der Waals surface area (Å²) in [6.45, 7) is 0.948. The highest BCUT2D eigenvalue weighted by atomic mass is 16.6. The zero-order valence-electron chi connectivity index (χ0n) is 21.6. The standard InChI is InChI=1S/C31H32N2O6/c34-29(35)28-15-14-21(16-17-32-30(36)38-19-22-8-2-1-3-9-22)18-33(28)31(37)39-20-27-25-12-6-4-10-23(25)24-11-5-7-13-26(24)27/h1-13,21,27-28H,14-20H2,(H,32,36)(H,34,35)/t21-,28+/m1/s1. The smallest absolute Gasteiger partial charge is 0.410 e. The minimum atomic E-state index is -1.04. The molecule has 8 nitrogen and oxygen atoms in total. The molecule has 5 rings (SSSR count). The van der Waals surface area contributed by atoms with Crippen LogP contribution in [0.2, 0.25) is 0 Å².